The second-order valence-electron chi connectivity index (χ2n) is 6.97. The highest BCUT2D eigenvalue weighted by molar-refractivity contribution is 7.11. The fourth-order valence-electron chi connectivity index (χ4n) is 2.92. The van der Waals surface area contributed by atoms with E-state index in [4.69, 9.17) is 4.99 Å². The average molecular weight is 367 g/mol. The van der Waals surface area contributed by atoms with Gasteiger partial charge in [0, 0.05) is 69.9 Å². The molecule has 0 saturated carbocycles. The number of piperazine rings is 1. The molecule has 2 N–H and O–H groups in total. The van der Waals surface area contributed by atoms with Gasteiger partial charge in [-0.2, -0.15) is 0 Å². The molecule has 0 aromatic carbocycles. The molecule has 0 amide bonds. The van der Waals surface area contributed by atoms with Crippen LogP contribution >= 0.6 is 11.3 Å². The van der Waals surface area contributed by atoms with E-state index in [1.807, 2.05) is 6.20 Å². The first-order chi connectivity index (χ1) is 12.1. The van der Waals surface area contributed by atoms with Crippen molar-refractivity contribution in [2.75, 3.05) is 59.4 Å². The maximum atomic E-state index is 4.77. The zero-order chi connectivity index (χ0) is 18.1. The Balaban J connectivity index is 1.71. The predicted octanol–water partition coefficient (Wildman–Crippen LogP) is 1.43. The average Bonchev–Trinajstić information content (AvgIpc) is 3.00. The van der Waals surface area contributed by atoms with E-state index in [0.717, 1.165) is 38.6 Å². The van der Waals surface area contributed by atoms with Crippen LogP contribution in [0.25, 0.3) is 0 Å². The van der Waals surface area contributed by atoms with Crippen molar-refractivity contribution in [3.8, 4) is 0 Å². The van der Waals surface area contributed by atoms with Gasteiger partial charge in [0.05, 0.1) is 5.01 Å². The van der Waals surface area contributed by atoms with E-state index >= 15 is 0 Å². The highest BCUT2D eigenvalue weighted by Gasteiger charge is 2.15. The number of nitrogens with zero attached hydrogens (tertiary/aromatic N) is 4. The first-order valence-electron chi connectivity index (χ1n) is 9.41. The van der Waals surface area contributed by atoms with Gasteiger partial charge in [-0.25, -0.2) is 4.98 Å². The molecule has 1 fully saturated rings. The number of hydrogen-bond acceptors (Lipinski definition) is 5. The molecule has 1 unspecified atom stereocenters. The first kappa shape index (κ1) is 20.1. The highest BCUT2D eigenvalue weighted by Crippen LogP contribution is 2.11. The lowest BCUT2D eigenvalue weighted by Crippen LogP contribution is -2.46. The Morgan fingerprint density at radius 2 is 2.08 bits per heavy atom. The topological polar surface area (TPSA) is 55.8 Å². The summed E-state index contributed by atoms with van der Waals surface area (Å²) in [5.41, 5.74) is 0. The van der Waals surface area contributed by atoms with E-state index in [9.17, 15) is 0 Å². The summed E-state index contributed by atoms with van der Waals surface area (Å²) in [6.45, 7) is 15.0. The maximum absolute atomic E-state index is 4.77. The van der Waals surface area contributed by atoms with Crippen molar-refractivity contribution in [3.05, 3.63) is 16.1 Å². The zero-order valence-corrected chi connectivity index (χ0v) is 17.0. The molecule has 142 valence electrons. The van der Waals surface area contributed by atoms with E-state index in [1.54, 1.807) is 11.3 Å². The van der Waals surface area contributed by atoms with Crippen LogP contribution in [0.1, 0.15) is 23.7 Å². The second-order valence-corrected chi connectivity index (χ2v) is 8.29. The van der Waals surface area contributed by atoms with Crippen LogP contribution in [-0.4, -0.2) is 80.1 Å². The van der Waals surface area contributed by atoms with Gasteiger partial charge in [0.1, 0.15) is 0 Å². The molecule has 1 aromatic rings. The minimum absolute atomic E-state index is 0.570. The summed E-state index contributed by atoms with van der Waals surface area (Å²) < 4.78 is 0. The number of nitrogens with one attached hydrogen (secondary N) is 2. The Hall–Kier alpha value is -1.18. The summed E-state index contributed by atoms with van der Waals surface area (Å²) >= 11 is 1.77. The van der Waals surface area contributed by atoms with E-state index in [2.05, 4.69) is 53.2 Å². The number of rotatable bonds is 8. The molecule has 25 heavy (non-hydrogen) atoms. The molecule has 0 spiro atoms. The highest BCUT2D eigenvalue weighted by atomic mass is 32.1. The van der Waals surface area contributed by atoms with Gasteiger partial charge in [-0.1, -0.05) is 6.92 Å². The molecule has 6 nitrogen and oxygen atoms in total. The summed E-state index contributed by atoms with van der Waals surface area (Å²) in [5.74, 6) is 1.49. The van der Waals surface area contributed by atoms with Gasteiger partial charge in [-0.3, -0.25) is 4.99 Å². The smallest absolute Gasteiger partial charge is 0.191 e. The van der Waals surface area contributed by atoms with Crippen LogP contribution in [0.3, 0.4) is 0 Å². The minimum atomic E-state index is 0.570. The molecule has 2 rings (SSSR count). The van der Waals surface area contributed by atoms with Gasteiger partial charge in [0.2, 0.25) is 0 Å². The third-order valence-electron chi connectivity index (χ3n) is 4.37. The monoisotopic (exact) mass is 366 g/mol. The molecular formula is C18H34N6S. The Kier molecular flexibility index (Phi) is 8.64. The Labute approximate surface area is 156 Å². The molecule has 1 aliphatic heterocycles. The summed E-state index contributed by atoms with van der Waals surface area (Å²) in [5, 5.41) is 7.95. The lowest BCUT2D eigenvalue weighted by Gasteiger charge is -2.33. The van der Waals surface area contributed by atoms with E-state index in [-0.39, 0.29) is 0 Å². The van der Waals surface area contributed by atoms with Crippen LogP contribution in [0.2, 0.25) is 0 Å². The normalized spacial score (nSPS) is 18.3. The quantitative estimate of drug-likeness (QED) is 0.538. The van der Waals surface area contributed by atoms with E-state index < -0.39 is 0 Å². The third kappa shape index (κ3) is 7.71. The van der Waals surface area contributed by atoms with Gasteiger partial charge >= 0.3 is 0 Å². The van der Waals surface area contributed by atoms with Crippen molar-refractivity contribution < 1.29 is 0 Å². The summed E-state index contributed by atoms with van der Waals surface area (Å²) in [4.78, 5) is 15.4. The third-order valence-corrected chi connectivity index (χ3v) is 5.34. The van der Waals surface area contributed by atoms with Crippen LogP contribution in [0.5, 0.6) is 0 Å². The fraction of sp³-hybridized carbons (Fsp3) is 0.778. The molecule has 1 saturated heterocycles. The number of guanidine groups is 1. The van der Waals surface area contributed by atoms with Crippen molar-refractivity contribution in [1.29, 1.82) is 0 Å². The molecule has 0 radical (unpaired) electrons. The fourth-order valence-corrected chi connectivity index (χ4v) is 3.71. The van der Waals surface area contributed by atoms with Gasteiger partial charge < -0.3 is 20.4 Å². The van der Waals surface area contributed by atoms with Crippen LogP contribution in [0.15, 0.2) is 11.2 Å². The van der Waals surface area contributed by atoms with Gasteiger partial charge in [-0.15, -0.1) is 11.3 Å². The van der Waals surface area contributed by atoms with Crippen LogP contribution < -0.4 is 10.6 Å². The van der Waals surface area contributed by atoms with Crippen molar-refractivity contribution in [3.63, 3.8) is 0 Å². The molecule has 7 heteroatoms. The number of aryl methyl sites for hydroxylation is 1. The lowest BCUT2D eigenvalue weighted by atomic mass is 10.1. The second kappa shape index (κ2) is 10.7. The lowest BCUT2D eigenvalue weighted by molar-refractivity contribution is 0.140. The van der Waals surface area contributed by atoms with Gasteiger partial charge in [0.15, 0.2) is 5.96 Å². The molecule has 1 atom stereocenters. The Morgan fingerprint density at radius 3 is 2.72 bits per heavy atom. The number of aromatic nitrogens is 1. The summed E-state index contributed by atoms with van der Waals surface area (Å²) in [6, 6.07) is 0. The zero-order valence-electron chi connectivity index (χ0n) is 16.2. The minimum Gasteiger partial charge on any atom is -0.357 e. The number of aliphatic imine (C=N–C) groups is 1. The van der Waals surface area contributed by atoms with E-state index in [0.29, 0.717) is 5.92 Å². The van der Waals surface area contributed by atoms with Crippen molar-refractivity contribution in [2.24, 2.45) is 10.9 Å². The molecule has 1 aliphatic rings. The summed E-state index contributed by atoms with van der Waals surface area (Å²) in [6.07, 6.45) is 2.89. The van der Waals surface area contributed by atoms with Crippen LogP contribution in [0.4, 0.5) is 0 Å². The maximum Gasteiger partial charge on any atom is 0.191 e. The molecule has 0 aliphatic carbocycles. The number of likely N-dealkylation sites (N-methyl/N-ethyl adjacent to an activating group) is 1. The Bertz CT molecular complexity index is 521. The molecular weight excluding hydrogens is 332 g/mol. The SMILES string of the molecule is CCNC(=NCC(C)CN1CCN(C)CC1)NCCc1ncc(C)s1. The molecule has 0 bridgehead atoms. The van der Waals surface area contributed by atoms with Gasteiger partial charge in [0.25, 0.3) is 0 Å². The standard InChI is InChI=1S/C18H34N6S/c1-5-19-18(20-7-6-17-21-13-16(3)25-17)22-12-15(2)14-24-10-8-23(4)9-11-24/h13,15H,5-12,14H2,1-4H3,(H2,19,20,22). The number of thiazole rings is 1. The molecule has 1 aromatic heterocycles. The van der Waals surface area contributed by atoms with Gasteiger partial charge in [-0.05, 0) is 26.8 Å². The molecule has 2 heterocycles. The van der Waals surface area contributed by atoms with Crippen molar-refractivity contribution >= 4 is 17.3 Å². The van der Waals surface area contributed by atoms with Crippen molar-refractivity contribution in [1.82, 2.24) is 25.4 Å². The Morgan fingerprint density at radius 1 is 1.32 bits per heavy atom. The van der Waals surface area contributed by atoms with E-state index in [1.165, 1.54) is 36.1 Å². The predicted molar refractivity (Wildman–Crippen MR) is 108 cm³/mol. The number of hydrogen-bond donors (Lipinski definition) is 2. The van der Waals surface area contributed by atoms with Crippen LogP contribution in [0, 0.1) is 12.8 Å². The summed E-state index contributed by atoms with van der Waals surface area (Å²) in [7, 11) is 2.20. The van der Waals surface area contributed by atoms with Crippen LogP contribution in [-0.2, 0) is 6.42 Å². The first-order valence-corrected chi connectivity index (χ1v) is 10.2. The van der Waals surface area contributed by atoms with Crippen molar-refractivity contribution in [2.45, 2.75) is 27.2 Å². The largest absolute Gasteiger partial charge is 0.357 e.